The highest BCUT2D eigenvalue weighted by Crippen LogP contribution is 2.28. The fourth-order valence-corrected chi connectivity index (χ4v) is 4.32. The Bertz CT molecular complexity index is 1220. The van der Waals surface area contributed by atoms with E-state index in [1.165, 1.54) is 24.9 Å². The minimum absolute atomic E-state index is 0.0671. The molecule has 2 aromatic carbocycles. The smallest absolute Gasteiger partial charge is 0.253 e. The van der Waals surface area contributed by atoms with Gasteiger partial charge >= 0.3 is 0 Å². The molecule has 2 amide bonds. The number of carbonyl (C=O) groups excluding carboxylic acids is 2. The van der Waals surface area contributed by atoms with E-state index in [1.54, 1.807) is 41.0 Å². The number of amides is 2. The molecule has 0 saturated heterocycles. The number of aromatic nitrogens is 3. The Morgan fingerprint density at radius 2 is 1.88 bits per heavy atom. The second-order valence-electron chi connectivity index (χ2n) is 6.79. The topological polar surface area (TPSA) is 98.1 Å². The second kappa shape index (κ2) is 12.1. The summed E-state index contributed by atoms with van der Waals surface area (Å²) < 4.78 is 7.00. The molecule has 34 heavy (non-hydrogen) atoms. The number of nitrogens with one attached hydrogen (secondary N) is 2. The van der Waals surface area contributed by atoms with E-state index in [4.69, 9.17) is 39.5 Å². The van der Waals surface area contributed by atoms with E-state index in [2.05, 4.69) is 27.4 Å². The minimum Gasteiger partial charge on any atom is -0.495 e. The molecule has 0 unspecified atom stereocenters. The predicted octanol–water partition coefficient (Wildman–Crippen LogP) is 5.09. The molecule has 0 spiro atoms. The zero-order valence-electron chi connectivity index (χ0n) is 18.0. The van der Waals surface area contributed by atoms with Crippen LogP contribution in [0, 0.1) is 0 Å². The summed E-state index contributed by atoms with van der Waals surface area (Å²) in [4.78, 5) is 25.0. The van der Waals surface area contributed by atoms with E-state index >= 15 is 0 Å². The van der Waals surface area contributed by atoms with Crippen LogP contribution >= 0.6 is 46.6 Å². The lowest BCUT2D eigenvalue weighted by Crippen LogP contribution is -2.25. The quantitative estimate of drug-likeness (QED) is 0.274. The lowest BCUT2D eigenvalue weighted by Gasteiger charge is -2.11. The molecule has 0 fully saturated rings. The number of hydrogen-bond acceptors (Lipinski definition) is 6. The number of rotatable bonds is 10. The van der Waals surface area contributed by atoms with Crippen LogP contribution in [0.5, 0.6) is 5.75 Å². The average molecular weight is 541 g/mol. The van der Waals surface area contributed by atoms with Crippen molar-refractivity contribution < 1.29 is 14.3 Å². The fourth-order valence-electron chi connectivity index (χ4n) is 2.89. The fraction of sp³-hybridized carbons (Fsp3) is 0.182. The van der Waals surface area contributed by atoms with Gasteiger partial charge in [-0.2, -0.15) is 0 Å². The van der Waals surface area contributed by atoms with Gasteiger partial charge in [-0.1, -0.05) is 52.6 Å². The van der Waals surface area contributed by atoms with Crippen LogP contribution in [-0.2, 0) is 17.9 Å². The molecule has 0 aliphatic rings. The molecule has 2 N–H and O–H groups in total. The summed E-state index contributed by atoms with van der Waals surface area (Å²) in [5.41, 5.74) is 0.765. The first-order valence-electron chi connectivity index (χ1n) is 9.84. The molecule has 12 heteroatoms. The summed E-state index contributed by atoms with van der Waals surface area (Å²) in [5, 5.41) is 15.5. The van der Waals surface area contributed by atoms with Crippen LogP contribution in [-0.4, -0.2) is 39.4 Å². The van der Waals surface area contributed by atoms with E-state index in [0.717, 1.165) is 0 Å². The van der Waals surface area contributed by atoms with E-state index in [-0.39, 0.29) is 29.1 Å². The maximum atomic E-state index is 12.5. The zero-order valence-corrected chi connectivity index (χ0v) is 21.1. The van der Waals surface area contributed by atoms with Crippen molar-refractivity contribution in [3.63, 3.8) is 0 Å². The summed E-state index contributed by atoms with van der Waals surface area (Å²) in [7, 11) is 1.51. The third kappa shape index (κ3) is 6.66. The Kier molecular flexibility index (Phi) is 9.23. The molecule has 0 saturated carbocycles. The van der Waals surface area contributed by atoms with E-state index in [1.807, 2.05) is 0 Å². The van der Waals surface area contributed by atoms with Crippen LogP contribution in [0.4, 0.5) is 5.69 Å². The molecule has 3 aromatic rings. The molecule has 8 nitrogen and oxygen atoms in total. The van der Waals surface area contributed by atoms with Crippen LogP contribution in [0.2, 0.25) is 15.1 Å². The number of anilines is 1. The summed E-state index contributed by atoms with van der Waals surface area (Å²) >= 11 is 19.2. The molecular weight excluding hydrogens is 521 g/mol. The van der Waals surface area contributed by atoms with Gasteiger partial charge in [-0.25, -0.2) is 0 Å². The van der Waals surface area contributed by atoms with Crippen molar-refractivity contribution in [1.29, 1.82) is 0 Å². The zero-order chi connectivity index (χ0) is 24.7. The average Bonchev–Trinajstić information content (AvgIpc) is 3.18. The summed E-state index contributed by atoms with van der Waals surface area (Å²) in [6, 6.07) is 9.58. The largest absolute Gasteiger partial charge is 0.495 e. The van der Waals surface area contributed by atoms with Crippen molar-refractivity contribution in [3.05, 3.63) is 75.5 Å². The van der Waals surface area contributed by atoms with Crippen molar-refractivity contribution >= 4 is 64.1 Å². The molecule has 1 heterocycles. The number of allylic oxidation sites excluding steroid dienone is 1. The highest BCUT2D eigenvalue weighted by Gasteiger charge is 2.17. The Morgan fingerprint density at radius 1 is 1.15 bits per heavy atom. The van der Waals surface area contributed by atoms with Crippen molar-refractivity contribution in [2.24, 2.45) is 0 Å². The summed E-state index contributed by atoms with van der Waals surface area (Å²) in [5.74, 6) is 0.413. The molecule has 0 radical (unpaired) electrons. The number of carbonyl (C=O) groups is 2. The van der Waals surface area contributed by atoms with E-state index in [0.29, 0.717) is 44.6 Å². The van der Waals surface area contributed by atoms with Crippen LogP contribution in [0.1, 0.15) is 16.2 Å². The Labute approximate surface area is 215 Å². The van der Waals surface area contributed by atoms with Crippen molar-refractivity contribution in [2.45, 2.75) is 18.2 Å². The SMILES string of the molecule is C=CCn1c(CNC(=O)c2ccc(Cl)cc2Cl)nnc1SCC(=O)Nc1cc(Cl)ccc1OC. The van der Waals surface area contributed by atoms with Gasteiger partial charge in [-0.3, -0.25) is 9.59 Å². The van der Waals surface area contributed by atoms with Crippen LogP contribution in [0.25, 0.3) is 0 Å². The molecule has 0 aliphatic heterocycles. The number of thioether (sulfide) groups is 1. The van der Waals surface area contributed by atoms with Crippen LogP contribution in [0.3, 0.4) is 0 Å². The summed E-state index contributed by atoms with van der Waals surface area (Å²) in [6.45, 7) is 4.25. The maximum Gasteiger partial charge on any atom is 0.253 e. The second-order valence-corrected chi connectivity index (χ2v) is 9.01. The standard InChI is InChI=1S/C22H20Cl3N5O3S/c1-3-8-30-19(11-26-21(32)15-6-4-13(23)9-16(15)25)28-29-22(30)34-12-20(31)27-17-10-14(24)5-7-18(17)33-2/h3-7,9-10H,1,8,11-12H2,2H3,(H,26,32)(H,27,31). The highest BCUT2D eigenvalue weighted by atomic mass is 35.5. The molecule has 3 rings (SSSR count). The van der Waals surface area contributed by atoms with Crippen molar-refractivity contribution in [2.75, 3.05) is 18.2 Å². The molecule has 1 aromatic heterocycles. The molecule has 0 bridgehead atoms. The van der Waals surface area contributed by atoms with Gasteiger partial charge in [0, 0.05) is 16.6 Å². The third-order valence-corrected chi connectivity index (χ3v) is 6.21. The van der Waals surface area contributed by atoms with Gasteiger partial charge in [0.1, 0.15) is 5.75 Å². The number of hydrogen-bond donors (Lipinski definition) is 2. The number of benzene rings is 2. The molecule has 178 valence electrons. The van der Waals surface area contributed by atoms with Gasteiger partial charge in [-0.15, -0.1) is 16.8 Å². The van der Waals surface area contributed by atoms with Gasteiger partial charge in [0.2, 0.25) is 5.91 Å². The van der Waals surface area contributed by atoms with Crippen LogP contribution in [0.15, 0.2) is 54.2 Å². The highest BCUT2D eigenvalue weighted by molar-refractivity contribution is 7.99. The van der Waals surface area contributed by atoms with Gasteiger partial charge in [-0.05, 0) is 36.4 Å². The van der Waals surface area contributed by atoms with E-state index < -0.39 is 0 Å². The maximum absolute atomic E-state index is 12.5. The number of methoxy groups -OCH3 is 1. The first-order valence-corrected chi connectivity index (χ1v) is 12.0. The van der Waals surface area contributed by atoms with Crippen LogP contribution < -0.4 is 15.4 Å². The number of ether oxygens (including phenoxy) is 1. The third-order valence-electron chi connectivity index (χ3n) is 4.46. The lowest BCUT2D eigenvalue weighted by molar-refractivity contribution is -0.113. The van der Waals surface area contributed by atoms with Gasteiger partial charge < -0.3 is 19.9 Å². The minimum atomic E-state index is -0.376. The van der Waals surface area contributed by atoms with Gasteiger partial charge in [0.25, 0.3) is 5.91 Å². The number of halogens is 3. The van der Waals surface area contributed by atoms with E-state index in [9.17, 15) is 9.59 Å². The summed E-state index contributed by atoms with van der Waals surface area (Å²) in [6.07, 6.45) is 1.67. The first kappa shape index (κ1) is 25.9. The predicted molar refractivity (Wildman–Crippen MR) is 135 cm³/mol. The Morgan fingerprint density at radius 3 is 2.59 bits per heavy atom. The van der Waals surface area contributed by atoms with Gasteiger partial charge in [0.05, 0.1) is 35.7 Å². The Hall–Kier alpha value is -2.72. The lowest BCUT2D eigenvalue weighted by atomic mass is 10.2. The molecule has 0 atom stereocenters. The first-order chi connectivity index (χ1) is 16.3. The van der Waals surface area contributed by atoms with Crippen molar-refractivity contribution in [1.82, 2.24) is 20.1 Å². The molecule has 0 aliphatic carbocycles. The normalized spacial score (nSPS) is 10.6. The Balaban J connectivity index is 1.64. The molecular formula is C22H20Cl3N5O3S. The van der Waals surface area contributed by atoms with Gasteiger partial charge in [0.15, 0.2) is 11.0 Å². The number of nitrogens with zero attached hydrogens (tertiary/aromatic N) is 3. The van der Waals surface area contributed by atoms with Crippen molar-refractivity contribution in [3.8, 4) is 5.75 Å². The monoisotopic (exact) mass is 539 g/mol.